The summed E-state index contributed by atoms with van der Waals surface area (Å²) < 4.78 is 5.08. The summed E-state index contributed by atoms with van der Waals surface area (Å²) in [5.74, 6) is 1.13. The first kappa shape index (κ1) is 14.8. The number of carbonyl (C=O) groups is 1. The van der Waals surface area contributed by atoms with E-state index in [4.69, 9.17) is 4.74 Å². The Morgan fingerprint density at radius 1 is 1.36 bits per heavy atom. The number of rotatable bonds is 5. The molecule has 1 amide bonds. The summed E-state index contributed by atoms with van der Waals surface area (Å²) in [6, 6.07) is 5.93. The van der Waals surface area contributed by atoms with Crippen molar-refractivity contribution < 1.29 is 9.53 Å². The molecule has 2 atom stereocenters. The number of thiophene rings is 1. The van der Waals surface area contributed by atoms with Gasteiger partial charge in [0.15, 0.2) is 0 Å². The highest BCUT2D eigenvalue weighted by atomic mass is 32.1. The highest BCUT2D eigenvalue weighted by molar-refractivity contribution is 7.12. The Bertz CT molecular complexity index is 701. The van der Waals surface area contributed by atoms with Gasteiger partial charge in [0.25, 0.3) is 0 Å². The fourth-order valence-electron chi connectivity index (χ4n) is 2.36. The van der Waals surface area contributed by atoms with Crippen LogP contribution in [-0.4, -0.2) is 23.0 Å². The third-order valence-electron chi connectivity index (χ3n) is 3.59. The van der Waals surface area contributed by atoms with E-state index in [1.165, 1.54) is 9.75 Å². The maximum atomic E-state index is 12.2. The second-order valence-corrected chi connectivity index (χ2v) is 6.71. The zero-order valence-electron chi connectivity index (χ0n) is 12.7. The summed E-state index contributed by atoms with van der Waals surface area (Å²) in [5, 5.41) is 0. The van der Waals surface area contributed by atoms with Crippen molar-refractivity contribution in [3.8, 4) is 5.88 Å². The van der Waals surface area contributed by atoms with Gasteiger partial charge in [0.05, 0.1) is 7.11 Å². The lowest BCUT2D eigenvalue weighted by Gasteiger charge is -2.08. The van der Waals surface area contributed by atoms with E-state index >= 15 is 0 Å². The van der Waals surface area contributed by atoms with Crippen LogP contribution in [0.15, 0.2) is 18.2 Å². The molecule has 1 fully saturated rings. The van der Waals surface area contributed by atoms with Crippen LogP contribution in [0.4, 0.5) is 5.95 Å². The Balaban J connectivity index is 1.56. The van der Waals surface area contributed by atoms with Gasteiger partial charge in [-0.1, -0.05) is 0 Å². The number of anilines is 1. The maximum absolute atomic E-state index is 12.2. The van der Waals surface area contributed by atoms with Crippen LogP contribution in [0.1, 0.15) is 27.8 Å². The van der Waals surface area contributed by atoms with Gasteiger partial charge in [0, 0.05) is 33.4 Å². The van der Waals surface area contributed by atoms with Crippen molar-refractivity contribution in [3.05, 3.63) is 33.6 Å². The number of carbonyl (C=O) groups excluding carboxylic acids is 1. The van der Waals surface area contributed by atoms with Crippen molar-refractivity contribution in [2.24, 2.45) is 5.92 Å². The summed E-state index contributed by atoms with van der Waals surface area (Å²) in [7, 11) is 1.54. The summed E-state index contributed by atoms with van der Waals surface area (Å²) in [6.45, 7) is 3.92. The van der Waals surface area contributed by atoms with Crippen molar-refractivity contribution in [2.45, 2.75) is 26.2 Å². The van der Waals surface area contributed by atoms with Gasteiger partial charge in [0.2, 0.25) is 17.7 Å². The molecular weight excluding hydrogens is 300 g/mol. The first-order valence-electron chi connectivity index (χ1n) is 7.08. The average Bonchev–Trinajstić information content (AvgIpc) is 3.19. The van der Waals surface area contributed by atoms with Crippen LogP contribution < -0.4 is 15.6 Å². The lowest BCUT2D eigenvalue weighted by atomic mass is 10.2. The summed E-state index contributed by atoms with van der Waals surface area (Å²) in [4.78, 5) is 23.0. The van der Waals surface area contributed by atoms with Gasteiger partial charge in [0.1, 0.15) is 0 Å². The van der Waals surface area contributed by atoms with Gasteiger partial charge in [-0.3, -0.25) is 15.6 Å². The first-order valence-corrected chi connectivity index (χ1v) is 7.90. The van der Waals surface area contributed by atoms with Crippen LogP contribution in [-0.2, 0) is 4.79 Å². The van der Waals surface area contributed by atoms with E-state index < -0.39 is 0 Å². The van der Waals surface area contributed by atoms with Gasteiger partial charge >= 0.3 is 0 Å². The molecule has 0 unspecified atom stereocenters. The quantitative estimate of drug-likeness (QED) is 0.828. The van der Waals surface area contributed by atoms with Crippen LogP contribution in [0.5, 0.6) is 5.88 Å². The third kappa shape index (κ3) is 3.19. The molecule has 2 aromatic rings. The number of hydrogen-bond acceptors (Lipinski definition) is 6. The molecule has 7 heteroatoms. The van der Waals surface area contributed by atoms with Crippen LogP contribution in [0.25, 0.3) is 0 Å². The second kappa shape index (κ2) is 5.92. The number of aromatic nitrogens is 2. The molecule has 0 radical (unpaired) electrons. The number of hydrogen-bond donors (Lipinski definition) is 2. The minimum Gasteiger partial charge on any atom is -0.481 e. The first-order chi connectivity index (χ1) is 10.6. The lowest BCUT2D eigenvalue weighted by molar-refractivity contribution is -0.121. The average molecular weight is 318 g/mol. The zero-order chi connectivity index (χ0) is 15.7. The van der Waals surface area contributed by atoms with Crippen molar-refractivity contribution in [1.29, 1.82) is 0 Å². The molecule has 0 spiro atoms. The highest BCUT2D eigenvalue weighted by Crippen LogP contribution is 2.49. The fraction of sp³-hybridized carbons (Fsp3) is 0.400. The Hall–Kier alpha value is -2.15. The van der Waals surface area contributed by atoms with Gasteiger partial charge in [-0.15, -0.1) is 11.3 Å². The van der Waals surface area contributed by atoms with Gasteiger partial charge in [-0.2, -0.15) is 4.98 Å². The summed E-state index contributed by atoms with van der Waals surface area (Å²) in [5.41, 5.74) is 6.21. The number of aryl methyl sites for hydroxylation is 2. The van der Waals surface area contributed by atoms with Crippen molar-refractivity contribution in [3.63, 3.8) is 0 Å². The van der Waals surface area contributed by atoms with Gasteiger partial charge < -0.3 is 4.74 Å². The Kier molecular flexibility index (Phi) is 3.98. The predicted octanol–water partition coefficient (Wildman–Crippen LogP) is 2.41. The van der Waals surface area contributed by atoms with Gasteiger partial charge in [-0.05, 0) is 32.4 Å². The molecule has 0 saturated heterocycles. The van der Waals surface area contributed by atoms with Gasteiger partial charge in [-0.25, -0.2) is 4.98 Å². The minimum atomic E-state index is -0.0277. The van der Waals surface area contributed by atoms with E-state index in [0.29, 0.717) is 17.7 Å². The zero-order valence-corrected chi connectivity index (χ0v) is 13.5. The number of nitrogens with zero attached hydrogens (tertiary/aromatic N) is 2. The Labute approximate surface area is 132 Å². The smallest absolute Gasteiger partial charge is 0.245 e. The Morgan fingerprint density at radius 3 is 2.86 bits per heavy atom. The molecule has 0 aromatic carbocycles. The molecule has 1 aliphatic rings. The molecule has 3 rings (SSSR count). The van der Waals surface area contributed by atoms with E-state index in [1.54, 1.807) is 24.5 Å². The van der Waals surface area contributed by atoms with Crippen LogP contribution in [0, 0.1) is 19.8 Å². The molecular formula is C15H18N4O2S. The molecule has 0 bridgehead atoms. The van der Waals surface area contributed by atoms with E-state index in [2.05, 4.69) is 39.9 Å². The number of methoxy groups -OCH3 is 1. The second-order valence-electron chi connectivity index (χ2n) is 5.39. The molecule has 2 heterocycles. The number of nitrogens with one attached hydrogen (secondary N) is 2. The van der Waals surface area contributed by atoms with Crippen LogP contribution >= 0.6 is 11.3 Å². The topological polar surface area (TPSA) is 76.1 Å². The lowest BCUT2D eigenvalue weighted by Crippen LogP contribution is -2.32. The molecule has 2 aromatic heterocycles. The summed E-state index contributed by atoms with van der Waals surface area (Å²) >= 11 is 1.76. The molecule has 2 N–H and O–H groups in total. The van der Waals surface area contributed by atoms with E-state index in [9.17, 15) is 4.79 Å². The fourth-order valence-corrected chi connectivity index (χ4v) is 3.42. The van der Waals surface area contributed by atoms with E-state index in [1.807, 2.05) is 6.92 Å². The third-order valence-corrected chi connectivity index (χ3v) is 4.72. The molecule has 22 heavy (non-hydrogen) atoms. The SMILES string of the molecule is COc1cc(C)nc(NNC(=O)[C@H]2C[C@H]2c2ccc(C)s2)n1. The number of amides is 1. The number of ether oxygens (including phenoxy) is 1. The normalized spacial score (nSPS) is 19.6. The van der Waals surface area contributed by atoms with Crippen molar-refractivity contribution in [2.75, 3.05) is 12.5 Å². The summed E-state index contributed by atoms with van der Waals surface area (Å²) in [6.07, 6.45) is 0.894. The van der Waals surface area contributed by atoms with Crippen molar-refractivity contribution in [1.82, 2.24) is 15.4 Å². The Morgan fingerprint density at radius 2 is 2.18 bits per heavy atom. The van der Waals surface area contributed by atoms with E-state index in [0.717, 1.165) is 12.1 Å². The molecule has 1 aliphatic carbocycles. The largest absolute Gasteiger partial charge is 0.481 e. The van der Waals surface area contributed by atoms with Crippen LogP contribution in [0.3, 0.4) is 0 Å². The monoisotopic (exact) mass is 318 g/mol. The predicted molar refractivity (Wildman–Crippen MR) is 85.0 cm³/mol. The van der Waals surface area contributed by atoms with E-state index in [-0.39, 0.29) is 11.8 Å². The standard InChI is InChI=1S/C15H18N4O2S/c1-8-6-13(21-3)17-15(16-8)19-18-14(20)11-7-10(11)12-5-4-9(2)22-12/h4-6,10-11H,7H2,1-3H3,(H,18,20)(H,16,17,19)/t10-,11+/m1/s1. The minimum absolute atomic E-state index is 0.0252. The molecule has 116 valence electrons. The van der Waals surface area contributed by atoms with Crippen molar-refractivity contribution >= 4 is 23.2 Å². The maximum Gasteiger partial charge on any atom is 0.245 e. The molecule has 6 nitrogen and oxygen atoms in total. The highest BCUT2D eigenvalue weighted by Gasteiger charge is 2.44. The molecule has 0 aliphatic heterocycles. The molecule has 1 saturated carbocycles. The number of hydrazine groups is 1. The van der Waals surface area contributed by atoms with Crippen LogP contribution in [0.2, 0.25) is 0 Å².